The van der Waals surface area contributed by atoms with Gasteiger partial charge in [-0.2, -0.15) is 26.3 Å². The first-order valence-corrected chi connectivity index (χ1v) is 5.16. The zero-order valence-corrected chi connectivity index (χ0v) is 10.1. The van der Waals surface area contributed by atoms with Crippen molar-refractivity contribution in [2.24, 2.45) is 0 Å². The molecule has 0 N–H and O–H groups in total. The Morgan fingerprint density at radius 2 is 1.25 bits per heavy atom. The van der Waals surface area contributed by atoms with E-state index in [1.54, 1.807) is 0 Å². The summed E-state index contributed by atoms with van der Waals surface area (Å²) in [7, 11) is 2.64. The van der Waals surface area contributed by atoms with Crippen molar-refractivity contribution in [3.63, 3.8) is 0 Å². The molecule has 0 aromatic rings. The third-order valence-corrected chi connectivity index (χ3v) is 2.91. The minimum absolute atomic E-state index is 1.13. The molecule has 16 heavy (non-hydrogen) atoms. The summed E-state index contributed by atoms with van der Waals surface area (Å²) >= 11 is 0. The molecule has 1 aliphatic rings. The molecule has 1 nitrogen and oxygen atoms in total. The highest BCUT2D eigenvalue weighted by Gasteiger charge is 2.83. The molecule has 1 atom stereocenters. The number of hydrogen-bond donors (Lipinski definition) is 0. The topological polar surface area (TPSA) is 3.24 Å². The SMILES string of the molecule is CCN(P)CC.FC1(F)CC(F)(F)C1(F)F. The number of rotatable bonds is 2. The number of hydrogen-bond acceptors (Lipinski definition) is 1. The fourth-order valence-corrected chi connectivity index (χ4v) is 0.885. The maximum Gasteiger partial charge on any atom is 0.372 e. The summed E-state index contributed by atoms with van der Waals surface area (Å²) in [5.74, 6) is -14.2. The largest absolute Gasteiger partial charge is 0.372 e. The quantitative estimate of drug-likeness (QED) is 0.548. The van der Waals surface area contributed by atoms with Crippen LogP contribution in [-0.2, 0) is 0 Å². The summed E-state index contributed by atoms with van der Waals surface area (Å²) in [5, 5.41) is 0. The van der Waals surface area contributed by atoms with Crippen molar-refractivity contribution in [1.29, 1.82) is 0 Å². The highest BCUT2D eigenvalue weighted by atomic mass is 31.0. The Balaban J connectivity index is 0.000000325. The molecule has 0 bridgehead atoms. The molecule has 98 valence electrons. The fourth-order valence-electron chi connectivity index (χ4n) is 0.885. The second kappa shape index (κ2) is 5.08. The Kier molecular flexibility index (Phi) is 5.08. The molecule has 0 radical (unpaired) electrons. The maximum atomic E-state index is 11.6. The van der Waals surface area contributed by atoms with Gasteiger partial charge in [0.25, 0.3) is 0 Å². The van der Waals surface area contributed by atoms with Crippen LogP contribution in [0.1, 0.15) is 20.3 Å². The van der Waals surface area contributed by atoms with Crippen LogP contribution in [0, 0.1) is 0 Å². The summed E-state index contributed by atoms with van der Waals surface area (Å²) in [6.45, 7) is 6.52. The van der Waals surface area contributed by atoms with Crippen molar-refractivity contribution in [3.8, 4) is 0 Å². The highest BCUT2D eigenvalue weighted by Crippen LogP contribution is 2.60. The van der Waals surface area contributed by atoms with Crippen molar-refractivity contribution in [1.82, 2.24) is 4.67 Å². The summed E-state index contributed by atoms with van der Waals surface area (Å²) in [6.07, 6.45) is -2.05. The number of alkyl halides is 6. The van der Waals surface area contributed by atoms with Gasteiger partial charge in [0.15, 0.2) is 0 Å². The Bertz CT molecular complexity index is 213. The van der Waals surface area contributed by atoms with Crippen LogP contribution >= 0.6 is 9.39 Å². The van der Waals surface area contributed by atoms with Crippen molar-refractivity contribution < 1.29 is 26.3 Å². The van der Waals surface area contributed by atoms with Gasteiger partial charge in [-0.25, -0.2) is 0 Å². The Hall–Kier alpha value is -0.0300. The van der Waals surface area contributed by atoms with E-state index in [2.05, 4.69) is 27.9 Å². The summed E-state index contributed by atoms with van der Waals surface area (Å²) < 4.78 is 71.7. The molecule has 1 rings (SSSR count). The molecule has 1 aliphatic carbocycles. The van der Waals surface area contributed by atoms with Crippen molar-refractivity contribution >= 4 is 9.39 Å². The average molecular weight is 269 g/mol. The van der Waals surface area contributed by atoms with Crippen LogP contribution in [0.4, 0.5) is 26.3 Å². The van der Waals surface area contributed by atoms with E-state index in [4.69, 9.17) is 0 Å². The van der Waals surface area contributed by atoms with Crippen LogP contribution in [0.15, 0.2) is 0 Å². The van der Waals surface area contributed by atoms with Gasteiger partial charge in [-0.3, -0.25) is 4.67 Å². The van der Waals surface area contributed by atoms with E-state index < -0.39 is 24.2 Å². The first kappa shape index (κ1) is 16.0. The molecule has 1 saturated carbocycles. The molecule has 0 amide bonds. The lowest BCUT2D eigenvalue weighted by Crippen LogP contribution is -2.67. The van der Waals surface area contributed by atoms with Gasteiger partial charge in [0.1, 0.15) is 0 Å². The fraction of sp³-hybridized carbons (Fsp3) is 1.00. The van der Waals surface area contributed by atoms with Crippen LogP contribution in [0.3, 0.4) is 0 Å². The van der Waals surface area contributed by atoms with Gasteiger partial charge >= 0.3 is 17.8 Å². The standard InChI is InChI=1S/C4H2F6.C4H12NP/c5-2(6)1-3(7,8)4(2,9)10;1-3-5(6)4-2/h1H2;3-4,6H2,1-2H3. The van der Waals surface area contributed by atoms with Crippen LogP contribution in [0.5, 0.6) is 0 Å². The van der Waals surface area contributed by atoms with Gasteiger partial charge in [0.2, 0.25) is 0 Å². The highest BCUT2D eigenvalue weighted by molar-refractivity contribution is 7.13. The summed E-state index contributed by atoms with van der Waals surface area (Å²) in [6, 6.07) is 0. The van der Waals surface area contributed by atoms with Gasteiger partial charge in [-0.15, -0.1) is 0 Å². The third-order valence-electron chi connectivity index (χ3n) is 2.18. The zero-order chi connectivity index (χ0) is 13.2. The monoisotopic (exact) mass is 269 g/mol. The Morgan fingerprint density at radius 3 is 1.25 bits per heavy atom. The van der Waals surface area contributed by atoms with E-state index in [0.717, 1.165) is 13.1 Å². The van der Waals surface area contributed by atoms with Gasteiger partial charge in [-0.05, 0) is 13.1 Å². The Morgan fingerprint density at radius 1 is 0.938 bits per heavy atom. The molecule has 0 saturated heterocycles. The number of nitrogens with zero attached hydrogens (tertiary/aromatic N) is 1. The van der Waals surface area contributed by atoms with E-state index in [0.29, 0.717) is 0 Å². The summed E-state index contributed by atoms with van der Waals surface area (Å²) in [5.41, 5.74) is 0. The van der Waals surface area contributed by atoms with E-state index >= 15 is 0 Å². The lowest BCUT2D eigenvalue weighted by atomic mass is 9.84. The number of halogens is 6. The average Bonchev–Trinajstić information content (AvgIpc) is 2.15. The van der Waals surface area contributed by atoms with Crippen LogP contribution in [0.2, 0.25) is 0 Å². The second-order valence-corrected chi connectivity index (χ2v) is 4.11. The second-order valence-electron chi connectivity index (χ2n) is 3.38. The van der Waals surface area contributed by atoms with Gasteiger partial charge in [0.05, 0.1) is 6.42 Å². The van der Waals surface area contributed by atoms with Gasteiger partial charge < -0.3 is 0 Å². The predicted molar refractivity (Wildman–Crippen MR) is 52.1 cm³/mol. The predicted octanol–water partition coefficient (Wildman–Crippen LogP) is 3.41. The minimum Gasteiger partial charge on any atom is -0.288 e. The third kappa shape index (κ3) is 3.00. The van der Waals surface area contributed by atoms with Crippen LogP contribution in [-0.4, -0.2) is 35.5 Å². The molecule has 0 aromatic carbocycles. The zero-order valence-electron chi connectivity index (χ0n) is 8.91. The minimum atomic E-state index is -5.15. The van der Waals surface area contributed by atoms with Crippen molar-refractivity contribution in [2.45, 2.75) is 38.0 Å². The lowest BCUT2D eigenvalue weighted by Gasteiger charge is -2.42. The van der Waals surface area contributed by atoms with Gasteiger partial charge in [-0.1, -0.05) is 23.2 Å². The smallest absolute Gasteiger partial charge is 0.288 e. The van der Waals surface area contributed by atoms with Crippen LogP contribution < -0.4 is 0 Å². The first-order chi connectivity index (χ1) is 7.02. The van der Waals surface area contributed by atoms with E-state index in [9.17, 15) is 26.3 Å². The molecule has 0 heterocycles. The maximum absolute atomic E-state index is 11.6. The molecular weight excluding hydrogens is 255 g/mol. The molecule has 0 aliphatic heterocycles. The van der Waals surface area contributed by atoms with E-state index in [1.165, 1.54) is 0 Å². The molecule has 0 spiro atoms. The van der Waals surface area contributed by atoms with Crippen LogP contribution in [0.25, 0.3) is 0 Å². The molecule has 1 unspecified atom stereocenters. The van der Waals surface area contributed by atoms with Crippen molar-refractivity contribution in [3.05, 3.63) is 0 Å². The first-order valence-electron chi connectivity index (χ1n) is 4.65. The summed E-state index contributed by atoms with van der Waals surface area (Å²) in [4.78, 5) is 0. The molecule has 8 heteroatoms. The molecule has 1 fully saturated rings. The lowest BCUT2D eigenvalue weighted by molar-refractivity contribution is -0.396. The molecule has 0 aromatic heterocycles. The van der Waals surface area contributed by atoms with Gasteiger partial charge in [0, 0.05) is 0 Å². The van der Waals surface area contributed by atoms with E-state index in [1.807, 2.05) is 0 Å². The Labute approximate surface area is 92.4 Å². The van der Waals surface area contributed by atoms with E-state index in [-0.39, 0.29) is 0 Å². The molecular formula is C8H14F6NP. The van der Waals surface area contributed by atoms with Crippen molar-refractivity contribution in [2.75, 3.05) is 13.1 Å². The normalized spacial score (nSPS) is 24.4.